The van der Waals surface area contributed by atoms with Crippen molar-refractivity contribution >= 4 is 29.1 Å². The van der Waals surface area contributed by atoms with Crippen molar-refractivity contribution in [2.45, 2.75) is 58.1 Å². The van der Waals surface area contributed by atoms with Gasteiger partial charge in [-0.2, -0.15) is 0 Å². The van der Waals surface area contributed by atoms with Gasteiger partial charge < -0.3 is 21.1 Å². The fourth-order valence-electron chi connectivity index (χ4n) is 6.04. The van der Waals surface area contributed by atoms with E-state index in [2.05, 4.69) is 10.6 Å². The Hall–Kier alpha value is -4.17. The zero-order valence-electron chi connectivity index (χ0n) is 24.3. The van der Waals surface area contributed by atoms with E-state index in [0.29, 0.717) is 47.6 Å². The molecule has 2 aliphatic rings. The van der Waals surface area contributed by atoms with Gasteiger partial charge in [0.1, 0.15) is 5.75 Å². The maximum absolute atomic E-state index is 14.1. The summed E-state index contributed by atoms with van der Waals surface area (Å²) >= 11 is 0. The molecule has 0 radical (unpaired) electrons. The van der Waals surface area contributed by atoms with E-state index in [4.69, 9.17) is 10.5 Å². The summed E-state index contributed by atoms with van der Waals surface area (Å²) < 4.78 is 6.01. The number of hydrogen-bond donors (Lipinski definition) is 3. The highest BCUT2D eigenvalue weighted by Crippen LogP contribution is 2.39. The summed E-state index contributed by atoms with van der Waals surface area (Å²) in [7, 11) is 0. The molecule has 0 aromatic heterocycles. The number of ether oxygens (including phenoxy) is 1. The Morgan fingerprint density at radius 1 is 1.05 bits per heavy atom. The minimum absolute atomic E-state index is 0.0626. The largest absolute Gasteiger partial charge is 0.481 e. The molecule has 1 aliphatic heterocycles. The molecule has 0 bridgehead atoms. The van der Waals surface area contributed by atoms with Gasteiger partial charge in [-0.1, -0.05) is 54.4 Å². The molecule has 0 saturated heterocycles. The summed E-state index contributed by atoms with van der Waals surface area (Å²) in [4.78, 5) is 42.1. The van der Waals surface area contributed by atoms with Gasteiger partial charge in [0.25, 0.3) is 11.8 Å². The van der Waals surface area contributed by atoms with E-state index in [1.807, 2.05) is 49.4 Å². The summed E-state index contributed by atoms with van der Waals surface area (Å²) in [6, 6.07) is 21.6. The Bertz CT molecular complexity index is 1410. The fourth-order valence-corrected chi connectivity index (χ4v) is 6.04. The van der Waals surface area contributed by atoms with Crippen LogP contribution in [-0.4, -0.2) is 36.9 Å². The highest BCUT2D eigenvalue weighted by molar-refractivity contribution is 6.07. The van der Waals surface area contributed by atoms with Crippen LogP contribution in [0.15, 0.2) is 72.8 Å². The Morgan fingerprint density at radius 2 is 1.79 bits per heavy atom. The zero-order valence-corrected chi connectivity index (χ0v) is 24.3. The highest BCUT2D eigenvalue weighted by atomic mass is 16.5. The molecule has 1 aliphatic carbocycles. The minimum Gasteiger partial charge on any atom is -0.481 e. The van der Waals surface area contributed by atoms with Crippen LogP contribution >= 0.6 is 0 Å². The molecule has 4 atom stereocenters. The van der Waals surface area contributed by atoms with E-state index >= 15 is 0 Å². The predicted molar refractivity (Wildman–Crippen MR) is 164 cm³/mol. The van der Waals surface area contributed by atoms with Crippen molar-refractivity contribution in [3.05, 3.63) is 89.5 Å². The molecular formula is C34H40N4O4. The maximum Gasteiger partial charge on any atom is 0.268 e. The van der Waals surface area contributed by atoms with E-state index in [0.717, 1.165) is 36.8 Å². The van der Waals surface area contributed by atoms with E-state index in [1.54, 1.807) is 42.2 Å². The van der Waals surface area contributed by atoms with E-state index in [-0.39, 0.29) is 24.1 Å². The Morgan fingerprint density at radius 3 is 2.52 bits per heavy atom. The van der Waals surface area contributed by atoms with E-state index < -0.39 is 12.1 Å². The second-order valence-corrected chi connectivity index (χ2v) is 11.5. The molecule has 5 rings (SSSR count). The second kappa shape index (κ2) is 13.2. The number of para-hydroxylation sites is 1. The number of nitrogens with two attached hydrogens (primary N) is 1. The second-order valence-electron chi connectivity index (χ2n) is 11.5. The molecule has 1 fully saturated rings. The number of benzene rings is 3. The summed E-state index contributed by atoms with van der Waals surface area (Å²) in [5.41, 5.74) is 9.18. The summed E-state index contributed by atoms with van der Waals surface area (Å²) in [5, 5.41) is 6.03. The number of fused-ring (bicyclic) bond motifs is 1. The van der Waals surface area contributed by atoms with Gasteiger partial charge in [0.2, 0.25) is 5.91 Å². The smallest absolute Gasteiger partial charge is 0.268 e. The molecule has 42 heavy (non-hydrogen) atoms. The van der Waals surface area contributed by atoms with Crippen molar-refractivity contribution in [3.8, 4) is 5.75 Å². The third-order valence-corrected chi connectivity index (χ3v) is 8.36. The minimum atomic E-state index is -0.822. The van der Waals surface area contributed by atoms with Crippen LogP contribution in [0, 0.1) is 18.8 Å². The van der Waals surface area contributed by atoms with E-state index in [1.165, 1.54) is 0 Å². The van der Waals surface area contributed by atoms with Crippen molar-refractivity contribution in [2.24, 2.45) is 17.6 Å². The van der Waals surface area contributed by atoms with Crippen molar-refractivity contribution < 1.29 is 19.1 Å². The molecule has 3 aromatic carbocycles. The van der Waals surface area contributed by atoms with Crippen LogP contribution in [0.5, 0.6) is 5.75 Å². The van der Waals surface area contributed by atoms with Crippen LogP contribution in [0.3, 0.4) is 0 Å². The predicted octanol–water partition coefficient (Wildman–Crippen LogP) is 5.37. The molecule has 1 saturated carbocycles. The van der Waals surface area contributed by atoms with Crippen LogP contribution < -0.4 is 26.0 Å². The first-order valence-electron chi connectivity index (χ1n) is 14.9. The van der Waals surface area contributed by atoms with Gasteiger partial charge in [-0.25, -0.2) is 0 Å². The van der Waals surface area contributed by atoms with Crippen molar-refractivity contribution in [1.82, 2.24) is 5.32 Å². The lowest BCUT2D eigenvalue weighted by Crippen LogP contribution is -2.43. The Kier molecular flexibility index (Phi) is 9.22. The number of anilines is 2. The third-order valence-electron chi connectivity index (χ3n) is 8.36. The number of nitrogens with one attached hydrogen (secondary N) is 2. The number of aryl methyl sites for hydroxylation is 1. The average molecular weight is 569 g/mol. The van der Waals surface area contributed by atoms with Crippen molar-refractivity contribution in [3.63, 3.8) is 0 Å². The van der Waals surface area contributed by atoms with Gasteiger partial charge in [0.15, 0.2) is 6.10 Å². The third kappa shape index (κ3) is 6.82. The Balaban J connectivity index is 1.43. The van der Waals surface area contributed by atoms with Crippen LogP contribution in [0.2, 0.25) is 0 Å². The SMILES string of the molecule is Cc1ccc(C2CC(=O)Nc3cc(C(=O)NCC4CCCC(CN)C4)ccc3N2C(=O)C(C)Oc2ccccc2)cc1. The van der Waals surface area contributed by atoms with Crippen molar-refractivity contribution in [1.29, 1.82) is 0 Å². The molecule has 220 valence electrons. The van der Waals surface area contributed by atoms with Gasteiger partial charge in [0.05, 0.1) is 23.8 Å². The van der Waals surface area contributed by atoms with Gasteiger partial charge in [-0.3, -0.25) is 19.3 Å². The summed E-state index contributed by atoms with van der Waals surface area (Å²) in [6.45, 7) is 4.98. The molecule has 3 aromatic rings. The molecule has 8 nitrogen and oxygen atoms in total. The first-order valence-corrected chi connectivity index (χ1v) is 14.9. The number of amides is 3. The molecule has 4 N–H and O–H groups in total. The normalized spacial score (nSPS) is 21.0. The molecule has 1 heterocycles. The molecule has 8 heteroatoms. The number of hydrogen-bond acceptors (Lipinski definition) is 5. The lowest BCUT2D eigenvalue weighted by Gasteiger charge is -2.33. The van der Waals surface area contributed by atoms with Gasteiger partial charge >= 0.3 is 0 Å². The standard InChI is InChI=1S/C34H40N4O4/c1-22-11-13-26(14-12-22)31-19-32(39)37-29-18-27(33(40)36-21-25-8-6-7-24(17-25)20-35)15-16-30(29)38(31)34(41)23(2)42-28-9-4-3-5-10-28/h3-5,9-16,18,23-25,31H,6-8,17,19-21,35H2,1-2H3,(H,36,40)(H,37,39). The molecular weight excluding hydrogens is 528 g/mol. The van der Waals surface area contributed by atoms with Crippen LogP contribution in [0.25, 0.3) is 0 Å². The quantitative estimate of drug-likeness (QED) is 0.338. The molecule has 3 amide bonds. The summed E-state index contributed by atoms with van der Waals surface area (Å²) in [6.07, 6.45) is 3.63. The first-order chi connectivity index (χ1) is 20.3. The average Bonchev–Trinajstić information content (AvgIpc) is 3.15. The number of rotatable bonds is 8. The van der Waals surface area contributed by atoms with Crippen LogP contribution in [-0.2, 0) is 9.59 Å². The van der Waals surface area contributed by atoms with Crippen LogP contribution in [0.1, 0.15) is 66.6 Å². The number of carbonyl (C=O) groups excluding carboxylic acids is 3. The van der Waals surface area contributed by atoms with Crippen LogP contribution in [0.4, 0.5) is 11.4 Å². The van der Waals surface area contributed by atoms with Gasteiger partial charge in [-0.15, -0.1) is 0 Å². The van der Waals surface area contributed by atoms with Crippen molar-refractivity contribution in [2.75, 3.05) is 23.3 Å². The lowest BCUT2D eigenvalue weighted by atomic mass is 9.81. The molecule has 4 unspecified atom stereocenters. The van der Waals surface area contributed by atoms with Gasteiger partial charge in [0, 0.05) is 12.1 Å². The fraction of sp³-hybridized carbons (Fsp3) is 0.382. The van der Waals surface area contributed by atoms with Gasteiger partial charge in [-0.05, 0) is 87.4 Å². The summed E-state index contributed by atoms with van der Waals surface area (Å²) in [5.74, 6) is 0.775. The van der Waals surface area contributed by atoms with E-state index in [9.17, 15) is 14.4 Å². The highest BCUT2D eigenvalue weighted by Gasteiger charge is 2.36. The molecule has 0 spiro atoms. The lowest BCUT2D eigenvalue weighted by molar-refractivity contribution is -0.125. The number of nitrogens with zero attached hydrogens (tertiary/aromatic N) is 1. The number of carbonyl (C=O) groups is 3. The monoisotopic (exact) mass is 568 g/mol. The first kappa shape index (κ1) is 29.3. The zero-order chi connectivity index (χ0) is 29.6. The topological polar surface area (TPSA) is 114 Å². The Labute approximate surface area is 247 Å². The maximum atomic E-state index is 14.1.